The molecule has 16 aromatic carbocycles. The lowest BCUT2D eigenvalue weighted by molar-refractivity contribution is 1.07. The van der Waals surface area contributed by atoms with Crippen molar-refractivity contribution < 1.29 is 0 Å². The van der Waals surface area contributed by atoms with Crippen molar-refractivity contribution in [3.63, 3.8) is 0 Å². The van der Waals surface area contributed by atoms with E-state index in [1.54, 1.807) is 22.7 Å². The zero-order chi connectivity index (χ0) is 78.2. The van der Waals surface area contributed by atoms with Gasteiger partial charge in [0.1, 0.15) is 15.9 Å². The molecule has 0 spiro atoms. The fourth-order valence-electron chi connectivity index (χ4n) is 15.5. The molecule has 0 amide bonds. The van der Waals surface area contributed by atoms with Crippen LogP contribution in [-0.4, -0.2) is 50.1 Å². The monoisotopic (exact) mass is 1540 g/mol. The summed E-state index contributed by atoms with van der Waals surface area (Å²) in [6.07, 6.45) is 0. The summed E-state index contributed by atoms with van der Waals surface area (Å²) in [5.74, 6) is 3.83. The standard InChI is InChI=1S/2C53H33N5S/c1-3-11-34(12-4-1)35-25-29-40(30-26-35)51-56-50(39-13-5-2-6-14-39)57-52(58-51)41-31-27-37(28-32-41)36-21-23-38(24-22-36)42-15-9-16-43(33-42)44-17-10-18-45-48-53(59-49(44)45)55-47-20-8-7-19-46(47)54-48;1-3-10-34(11-4-1)35-22-26-40(27-23-35)52-54-51(39-12-5-2-6-13-39)55-53(56-52)41-28-24-37(25-29-41)36-18-20-38(21-19-36)42-14-9-15-43(32-42)44-30-31-48-46(33-44)49-50(59-48)45-16-7-8-17-47(45)57-58-49/h2*1-33H. The highest BCUT2D eigenvalue weighted by Gasteiger charge is 2.20. The van der Waals surface area contributed by atoms with Crippen LogP contribution in [0.1, 0.15) is 0 Å². The lowest BCUT2D eigenvalue weighted by Crippen LogP contribution is -2.00. The van der Waals surface area contributed by atoms with E-state index in [9.17, 15) is 0 Å². The molecule has 0 saturated carbocycles. The third-order valence-electron chi connectivity index (χ3n) is 21.7. The third-order valence-corrected chi connectivity index (χ3v) is 24.0. The minimum Gasteiger partial charge on any atom is -0.243 e. The fourth-order valence-corrected chi connectivity index (χ4v) is 17.8. The average Bonchev–Trinajstić information content (AvgIpc) is 1.61. The number of aromatic nitrogens is 10. The molecule has 0 atom stereocenters. The van der Waals surface area contributed by atoms with Gasteiger partial charge in [-0.15, -0.1) is 32.9 Å². The van der Waals surface area contributed by atoms with Crippen molar-refractivity contribution in [2.45, 2.75) is 0 Å². The maximum absolute atomic E-state index is 5.00. The molecule has 0 aliphatic heterocycles. The smallest absolute Gasteiger partial charge is 0.164 e. The lowest BCUT2D eigenvalue weighted by Gasteiger charge is -2.10. The number of hydrogen-bond donors (Lipinski definition) is 0. The van der Waals surface area contributed by atoms with Crippen molar-refractivity contribution in [2.75, 3.05) is 0 Å². The van der Waals surface area contributed by atoms with Crippen LogP contribution in [0.2, 0.25) is 0 Å². The Balaban J connectivity index is 0.000000147. The highest BCUT2D eigenvalue weighted by molar-refractivity contribution is 7.26. The second kappa shape index (κ2) is 30.9. The zero-order valence-electron chi connectivity index (χ0n) is 63.4. The van der Waals surface area contributed by atoms with Crippen LogP contribution >= 0.6 is 22.7 Å². The molecule has 0 saturated heterocycles. The van der Waals surface area contributed by atoms with Gasteiger partial charge in [0, 0.05) is 58.9 Å². The van der Waals surface area contributed by atoms with E-state index in [4.69, 9.17) is 39.9 Å². The van der Waals surface area contributed by atoms with Gasteiger partial charge in [-0.2, -0.15) is 0 Å². The summed E-state index contributed by atoms with van der Waals surface area (Å²) in [6.45, 7) is 0. The molecule has 118 heavy (non-hydrogen) atoms. The Morgan fingerprint density at radius 3 is 0.898 bits per heavy atom. The summed E-state index contributed by atoms with van der Waals surface area (Å²) < 4.78 is 3.61. The van der Waals surface area contributed by atoms with E-state index in [-0.39, 0.29) is 0 Å². The average molecular weight is 1540 g/mol. The Morgan fingerprint density at radius 1 is 0.161 bits per heavy atom. The highest BCUT2D eigenvalue weighted by Crippen LogP contribution is 2.43. The molecule has 0 bridgehead atoms. The second-order valence-corrected chi connectivity index (χ2v) is 31.1. The van der Waals surface area contributed by atoms with E-state index in [0.717, 1.165) is 132 Å². The predicted octanol–water partition coefficient (Wildman–Crippen LogP) is 27.7. The van der Waals surface area contributed by atoms with Crippen LogP contribution in [0.4, 0.5) is 0 Å². The molecule has 0 N–H and O–H groups in total. The van der Waals surface area contributed by atoms with Gasteiger partial charge >= 0.3 is 0 Å². The molecular formula is C106H66N10S2. The zero-order valence-corrected chi connectivity index (χ0v) is 65.0. The summed E-state index contributed by atoms with van der Waals surface area (Å²) in [4.78, 5) is 40.6. The molecule has 0 fully saturated rings. The van der Waals surface area contributed by atoms with E-state index in [2.05, 4.69) is 301 Å². The summed E-state index contributed by atoms with van der Waals surface area (Å²) in [5, 5.41) is 12.6. The Morgan fingerprint density at radius 2 is 0.458 bits per heavy atom. The predicted molar refractivity (Wildman–Crippen MR) is 488 cm³/mol. The van der Waals surface area contributed by atoms with Crippen molar-refractivity contribution in [1.82, 2.24) is 50.1 Å². The first kappa shape index (κ1) is 70.5. The quantitative estimate of drug-likeness (QED) is 0.104. The van der Waals surface area contributed by atoms with Gasteiger partial charge in [-0.3, -0.25) is 0 Å². The summed E-state index contributed by atoms with van der Waals surface area (Å²) >= 11 is 3.49. The van der Waals surface area contributed by atoms with Crippen molar-refractivity contribution in [3.05, 3.63) is 400 Å². The van der Waals surface area contributed by atoms with E-state index in [0.29, 0.717) is 34.9 Å². The van der Waals surface area contributed by atoms with Gasteiger partial charge in [0.2, 0.25) is 0 Å². The lowest BCUT2D eigenvalue weighted by atomic mass is 9.96. The molecule has 0 radical (unpaired) electrons. The second-order valence-electron chi connectivity index (χ2n) is 29.1. The molecule has 0 aliphatic rings. The van der Waals surface area contributed by atoms with Crippen LogP contribution < -0.4 is 0 Å². The Kier molecular flexibility index (Phi) is 18.4. The van der Waals surface area contributed by atoms with E-state index < -0.39 is 0 Å². The van der Waals surface area contributed by atoms with Crippen molar-refractivity contribution in [2.24, 2.45) is 0 Å². The number of benzene rings is 16. The highest BCUT2D eigenvalue weighted by atomic mass is 32.1. The van der Waals surface area contributed by atoms with Gasteiger partial charge in [0.15, 0.2) is 34.9 Å². The third kappa shape index (κ3) is 14.1. The van der Waals surface area contributed by atoms with Crippen LogP contribution in [0.3, 0.4) is 0 Å². The normalized spacial score (nSPS) is 11.4. The molecule has 6 aromatic heterocycles. The number of fused-ring (bicyclic) bond motifs is 9. The molecule has 22 rings (SSSR count). The number of para-hydroxylation sites is 2. The fraction of sp³-hybridized carbons (Fsp3) is 0. The van der Waals surface area contributed by atoms with Crippen LogP contribution in [0.25, 0.3) is 220 Å². The molecule has 12 heteroatoms. The number of nitrogens with zero attached hydrogens (tertiary/aromatic N) is 10. The van der Waals surface area contributed by atoms with Crippen LogP contribution in [-0.2, 0) is 0 Å². The maximum Gasteiger partial charge on any atom is 0.164 e. The first-order chi connectivity index (χ1) is 58.4. The molecular weight excluding hydrogens is 1480 g/mol. The van der Waals surface area contributed by atoms with E-state index >= 15 is 0 Å². The summed E-state index contributed by atoms with van der Waals surface area (Å²) in [5.41, 5.74) is 28.8. The number of hydrogen-bond acceptors (Lipinski definition) is 12. The van der Waals surface area contributed by atoms with Crippen LogP contribution in [0.5, 0.6) is 0 Å². The molecule has 22 aromatic rings. The number of rotatable bonds is 14. The summed E-state index contributed by atoms with van der Waals surface area (Å²) in [6, 6.07) is 139. The van der Waals surface area contributed by atoms with Gasteiger partial charge in [0.25, 0.3) is 0 Å². The topological polar surface area (TPSA) is 129 Å². The van der Waals surface area contributed by atoms with Crippen LogP contribution in [0.15, 0.2) is 400 Å². The van der Waals surface area contributed by atoms with Gasteiger partial charge in [-0.05, 0) is 131 Å². The van der Waals surface area contributed by atoms with Crippen molar-refractivity contribution >= 4 is 85.3 Å². The molecule has 0 unspecified atom stereocenters. The minimum atomic E-state index is 0.634. The van der Waals surface area contributed by atoms with Gasteiger partial charge < -0.3 is 0 Å². The van der Waals surface area contributed by atoms with Gasteiger partial charge in [-0.1, -0.05) is 358 Å². The van der Waals surface area contributed by atoms with E-state index in [1.807, 2.05) is 109 Å². The largest absolute Gasteiger partial charge is 0.243 e. The molecule has 6 heterocycles. The molecule has 10 nitrogen and oxygen atoms in total. The first-order valence-corrected chi connectivity index (χ1v) is 40.8. The van der Waals surface area contributed by atoms with Crippen LogP contribution in [0, 0.1) is 0 Å². The molecule has 0 aliphatic carbocycles. The summed E-state index contributed by atoms with van der Waals surface area (Å²) in [7, 11) is 0. The molecule has 552 valence electrons. The van der Waals surface area contributed by atoms with Crippen molar-refractivity contribution in [3.8, 4) is 157 Å². The Labute approximate surface area is 688 Å². The maximum atomic E-state index is 5.00. The number of thiophene rings is 2. The van der Waals surface area contributed by atoms with Crippen molar-refractivity contribution in [1.29, 1.82) is 0 Å². The Bertz CT molecular complexity index is 7480. The minimum absolute atomic E-state index is 0.634. The van der Waals surface area contributed by atoms with Gasteiger partial charge in [0.05, 0.1) is 21.3 Å². The van der Waals surface area contributed by atoms with E-state index in [1.165, 1.54) is 53.0 Å². The Hall–Kier alpha value is -15.3. The first-order valence-electron chi connectivity index (χ1n) is 39.1. The SMILES string of the molecule is c1ccc(-c2ccc(-c3nc(-c4ccccc4)nc(-c4ccc(-c5ccc(-c6cccc(-c7ccc8sc9c%10ccccc%10nnc9c8c7)c6)cc5)cc4)n3)cc2)cc1.c1ccc(-c2ccc(-c3nc(-c4ccccc4)nc(-c4ccc(-c5ccc(-c6cccc(-c7cccc8c7sc7nc9ccccc9nc78)c6)cc5)cc4)n3)cc2)cc1. The van der Waals surface area contributed by atoms with Gasteiger partial charge in [-0.25, -0.2) is 39.9 Å².